The van der Waals surface area contributed by atoms with Crippen molar-refractivity contribution in [2.45, 2.75) is 90.6 Å². The molecule has 5 atom stereocenters. The topological polar surface area (TPSA) is 100 Å². The second kappa shape index (κ2) is 10.6. The van der Waals surface area contributed by atoms with E-state index in [9.17, 15) is 9.59 Å². The molecule has 2 amide bonds. The SMILES string of the molecule is CC(C)=CCC[C@@]1(C)Oc2c(OCC(N)=O)cccc2[C@H]2O[C@H]3CCN(C(=O)OC(C)(C)C)C[C@@H]3C[C@@H]21. The van der Waals surface area contributed by atoms with Gasteiger partial charge in [-0.2, -0.15) is 0 Å². The van der Waals surface area contributed by atoms with Gasteiger partial charge in [0.25, 0.3) is 5.91 Å². The van der Waals surface area contributed by atoms with Crippen LogP contribution in [0.4, 0.5) is 4.79 Å². The van der Waals surface area contributed by atoms with Crippen LogP contribution in [0.1, 0.15) is 78.9 Å². The highest BCUT2D eigenvalue weighted by Crippen LogP contribution is 2.56. The van der Waals surface area contributed by atoms with Crippen molar-refractivity contribution < 1.29 is 28.5 Å². The van der Waals surface area contributed by atoms with E-state index in [0.29, 0.717) is 24.6 Å². The van der Waals surface area contributed by atoms with E-state index in [0.717, 1.165) is 31.2 Å². The van der Waals surface area contributed by atoms with E-state index >= 15 is 0 Å². The molecular weight excluding hydrogens is 472 g/mol. The van der Waals surface area contributed by atoms with Crippen LogP contribution < -0.4 is 15.2 Å². The highest BCUT2D eigenvalue weighted by Gasteiger charge is 2.54. The van der Waals surface area contributed by atoms with Crippen molar-refractivity contribution >= 4 is 12.0 Å². The van der Waals surface area contributed by atoms with Crippen molar-refractivity contribution in [1.29, 1.82) is 0 Å². The first kappa shape index (κ1) is 27.3. The molecule has 0 spiro atoms. The van der Waals surface area contributed by atoms with Gasteiger partial charge >= 0.3 is 6.09 Å². The molecule has 0 unspecified atom stereocenters. The van der Waals surface area contributed by atoms with Crippen LogP contribution in [-0.4, -0.2) is 53.9 Å². The maximum Gasteiger partial charge on any atom is 0.410 e. The molecule has 0 saturated carbocycles. The van der Waals surface area contributed by atoms with E-state index in [1.807, 2.05) is 43.9 Å². The molecule has 2 N–H and O–H groups in total. The molecule has 8 nitrogen and oxygen atoms in total. The van der Waals surface area contributed by atoms with E-state index in [2.05, 4.69) is 26.8 Å². The van der Waals surface area contributed by atoms with E-state index in [1.54, 1.807) is 0 Å². The van der Waals surface area contributed by atoms with Crippen molar-refractivity contribution in [1.82, 2.24) is 4.90 Å². The molecule has 0 aromatic heterocycles. The van der Waals surface area contributed by atoms with Gasteiger partial charge in [-0.3, -0.25) is 4.79 Å². The fourth-order valence-corrected chi connectivity index (χ4v) is 5.82. The molecule has 4 rings (SSSR count). The first-order chi connectivity index (χ1) is 17.4. The number of likely N-dealkylation sites (tertiary alicyclic amines) is 1. The number of amides is 2. The van der Waals surface area contributed by atoms with Gasteiger partial charge in [-0.15, -0.1) is 0 Å². The standard InChI is InChI=1S/C29H42N2O6/c1-18(2)9-8-13-29(6)21-15-19-16-31(27(33)37-28(3,4)5)14-12-22(19)35-25(21)20-10-7-11-23(26(20)36-29)34-17-24(30)32/h7,9-11,19,21-22,25H,8,12-17H2,1-6H3,(H2,30,32)/t19-,21-,22-,25+,29+/m0/s1. The first-order valence-corrected chi connectivity index (χ1v) is 13.4. The quantitative estimate of drug-likeness (QED) is 0.527. The minimum atomic E-state index is -0.536. The number of hydrogen-bond donors (Lipinski definition) is 1. The third kappa shape index (κ3) is 6.22. The molecule has 2 fully saturated rings. The molecule has 2 saturated heterocycles. The van der Waals surface area contributed by atoms with Crippen molar-refractivity contribution in [2.75, 3.05) is 19.7 Å². The molecule has 37 heavy (non-hydrogen) atoms. The van der Waals surface area contributed by atoms with E-state index in [1.165, 1.54) is 5.57 Å². The number of primary amides is 1. The van der Waals surface area contributed by atoms with Crippen LogP contribution in [0.15, 0.2) is 29.8 Å². The summed E-state index contributed by atoms with van der Waals surface area (Å²) in [6.45, 7) is 13.0. The van der Waals surface area contributed by atoms with Crippen molar-refractivity contribution in [3.63, 3.8) is 0 Å². The first-order valence-electron chi connectivity index (χ1n) is 13.4. The van der Waals surface area contributed by atoms with Gasteiger partial charge < -0.3 is 29.6 Å². The Morgan fingerprint density at radius 2 is 2.03 bits per heavy atom. The number of para-hydroxylation sites is 1. The Kier molecular flexibility index (Phi) is 7.79. The molecule has 1 aromatic rings. The zero-order valence-corrected chi connectivity index (χ0v) is 23.0. The summed E-state index contributed by atoms with van der Waals surface area (Å²) in [6, 6.07) is 5.74. The maximum absolute atomic E-state index is 12.8. The van der Waals surface area contributed by atoms with Crippen LogP contribution in [0.5, 0.6) is 11.5 Å². The lowest BCUT2D eigenvalue weighted by Gasteiger charge is -2.54. The predicted molar refractivity (Wildman–Crippen MR) is 140 cm³/mol. The molecule has 8 heteroatoms. The molecule has 3 aliphatic rings. The van der Waals surface area contributed by atoms with E-state index in [4.69, 9.17) is 24.7 Å². The van der Waals surface area contributed by atoms with Crippen LogP contribution >= 0.6 is 0 Å². The Labute approximate surface area is 220 Å². The zero-order chi connectivity index (χ0) is 27.0. The average Bonchev–Trinajstić information content (AvgIpc) is 2.80. The lowest BCUT2D eigenvalue weighted by molar-refractivity contribution is -0.191. The number of hydrogen-bond acceptors (Lipinski definition) is 6. The van der Waals surface area contributed by atoms with Gasteiger partial charge in [0.2, 0.25) is 0 Å². The lowest BCUT2D eigenvalue weighted by atomic mass is 9.68. The minimum Gasteiger partial charge on any atom is -0.483 e. The lowest BCUT2D eigenvalue weighted by Crippen LogP contribution is -2.57. The fraction of sp³-hybridized carbons (Fsp3) is 0.655. The summed E-state index contributed by atoms with van der Waals surface area (Å²) in [5.41, 5.74) is 6.50. The van der Waals surface area contributed by atoms with Crippen LogP contribution in [0.2, 0.25) is 0 Å². The molecule has 3 heterocycles. The highest BCUT2D eigenvalue weighted by atomic mass is 16.6. The van der Waals surface area contributed by atoms with Gasteiger partial charge in [-0.05, 0) is 73.3 Å². The number of rotatable bonds is 6. The molecule has 3 aliphatic heterocycles. The second-order valence-corrected chi connectivity index (χ2v) is 12.1. The van der Waals surface area contributed by atoms with E-state index in [-0.39, 0.29) is 36.7 Å². The van der Waals surface area contributed by atoms with Crippen LogP contribution in [0, 0.1) is 11.8 Å². The number of carbonyl (C=O) groups excluding carboxylic acids is 2. The van der Waals surface area contributed by atoms with Crippen molar-refractivity contribution in [3.05, 3.63) is 35.4 Å². The highest BCUT2D eigenvalue weighted by molar-refractivity contribution is 5.75. The third-order valence-corrected chi connectivity index (χ3v) is 7.56. The number of fused-ring (bicyclic) bond motifs is 4. The Morgan fingerprint density at radius 1 is 1.27 bits per heavy atom. The Morgan fingerprint density at radius 3 is 2.70 bits per heavy atom. The van der Waals surface area contributed by atoms with Gasteiger partial charge in [0.15, 0.2) is 18.1 Å². The summed E-state index contributed by atoms with van der Waals surface area (Å²) >= 11 is 0. The fourth-order valence-electron chi connectivity index (χ4n) is 5.82. The Hall–Kier alpha value is -2.74. The summed E-state index contributed by atoms with van der Waals surface area (Å²) in [4.78, 5) is 26.0. The summed E-state index contributed by atoms with van der Waals surface area (Å²) in [6.07, 6.45) is 5.17. The van der Waals surface area contributed by atoms with Gasteiger partial charge in [0.05, 0.1) is 12.2 Å². The predicted octanol–water partition coefficient (Wildman–Crippen LogP) is 5.15. The number of nitrogens with two attached hydrogens (primary N) is 1. The van der Waals surface area contributed by atoms with Crippen LogP contribution in [0.3, 0.4) is 0 Å². The van der Waals surface area contributed by atoms with Crippen LogP contribution in [0.25, 0.3) is 0 Å². The van der Waals surface area contributed by atoms with Gasteiger partial charge in [0.1, 0.15) is 11.2 Å². The summed E-state index contributed by atoms with van der Waals surface area (Å²) in [5.74, 6) is 0.899. The van der Waals surface area contributed by atoms with Crippen molar-refractivity contribution in [2.24, 2.45) is 17.6 Å². The number of benzene rings is 1. The van der Waals surface area contributed by atoms with E-state index < -0.39 is 17.1 Å². The van der Waals surface area contributed by atoms with Gasteiger partial charge in [-0.25, -0.2) is 4.79 Å². The summed E-state index contributed by atoms with van der Waals surface area (Å²) < 4.78 is 25.0. The molecular formula is C29H42N2O6. The summed E-state index contributed by atoms with van der Waals surface area (Å²) in [7, 11) is 0. The number of nitrogens with zero attached hydrogens (tertiary/aromatic N) is 1. The number of piperidine rings is 1. The zero-order valence-electron chi connectivity index (χ0n) is 23.0. The smallest absolute Gasteiger partial charge is 0.410 e. The number of allylic oxidation sites excluding steroid dienone is 2. The summed E-state index contributed by atoms with van der Waals surface area (Å²) in [5, 5.41) is 0. The number of ether oxygens (including phenoxy) is 4. The van der Waals surface area contributed by atoms with Gasteiger partial charge in [-0.1, -0.05) is 23.8 Å². The third-order valence-electron chi connectivity index (χ3n) is 7.56. The normalized spacial score (nSPS) is 28.6. The number of carbonyl (C=O) groups is 2. The molecule has 0 radical (unpaired) electrons. The van der Waals surface area contributed by atoms with Crippen LogP contribution in [-0.2, 0) is 14.3 Å². The monoisotopic (exact) mass is 514 g/mol. The van der Waals surface area contributed by atoms with Gasteiger partial charge in [0, 0.05) is 30.5 Å². The Balaban J connectivity index is 1.62. The largest absolute Gasteiger partial charge is 0.483 e. The Bertz CT molecular complexity index is 1040. The second-order valence-electron chi connectivity index (χ2n) is 12.1. The average molecular weight is 515 g/mol. The molecule has 0 bridgehead atoms. The maximum atomic E-state index is 12.8. The minimum absolute atomic E-state index is 0.0445. The molecule has 0 aliphatic carbocycles. The molecule has 1 aromatic carbocycles. The molecule has 204 valence electrons. The van der Waals surface area contributed by atoms with Crippen molar-refractivity contribution in [3.8, 4) is 11.5 Å².